The van der Waals surface area contributed by atoms with Gasteiger partial charge in [0.1, 0.15) is 0 Å². The predicted octanol–water partition coefficient (Wildman–Crippen LogP) is 2.66. The molecule has 0 amide bonds. The molecule has 0 saturated heterocycles. The van der Waals surface area contributed by atoms with Crippen LogP contribution in [0.3, 0.4) is 0 Å². The summed E-state index contributed by atoms with van der Waals surface area (Å²) in [5, 5.41) is 0. The summed E-state index contributed by atoms with van der Waals surface area (Å²) in [5.74, 6) is 0. The molecule has 0 spiro atoms. The molecule has 0 radical (unpaired) electrons. The van der Waals surface area contributed by atoms with Gasteiger partial charge in [-0.15, -0.1) is 0 Å². The Balaban J connectivity index is 3.49. The van der Waals surface area contributed by atoms with Crippen LogP contribution in [-0.4, -0.2) is 20.3 Å². The second kappa shape index (κ2) is 2.98. The van der Waals surface area contributed by atoms with Crippen molar-refractivity contribution in [2.45, 2.75) is 0 Å². The Kier molecular flexibility index (Phi) is 3.00. The van der Waals surface area contributed by atoms with Crippen molar-refractivity contribution < 1.29 is 26.0 Å². The number of hydrogen-bond acceptors (Lipinski definition) is 2. The van der Waals surface area contributed by atoms with E-state index in [4.69, 9.17) is 0 Å². The summed E-state index contributed by atoms with van der Waals surface area (Å²) in [5.41, 5.74) is 0. The summed E-state index contributed by atoms with van der Waals surface area (Å²) in [6.45, 7) is -1.05. The van der Waals surface area contributed by atoms with Crippen LogP contribution >= 0.6 is 8.07 Å². The molecule has 0 aromatic rings. The third-order valence-electron chi connectivity index (χ3n) is 0.574. The van der Waals surface area contributed by atoms with Crippen molar-refractivity contribution in [2.24, 2.45) is 0 Å². The van der Waals surface area contributed by atoms with Gasteiger partial charge in [-0.2, -0.15) is 0 Å². The van der Waals surface area contributed by atoms with Crippen LogP contribution in [0.25, 0.3) is 0 Å². The maximum atomic E-state index is 11.3. The topological polar surface area (TPSA) is 18.5 Å². The maximum absolute atomic E-state index is 11.3. The van der Waals surface area contributed by atoms with Crippen molar-refractivity contribution >= 4 is 8.07 Å². The van der Waals surface area contributed by atoms with Crippen molar-refractivity contribution in [1.29, 1.82) is 0 Å². The third kappa shape index (κ3) is 8.07. The standard InChI is InChI=1S/C3H7F4O2P/c1-8-2-3-9-10(4,5,6)7/h2-3H2,1H3. The van der Waals surface area contributed by atoms with E-state index in [9.17, 15) is 16.8 Å². The zero-order valence-electron chi connectivity index (χ0n) is 5.19. The summed E-state index contributed by atoms with van der Waals surface area (Å²) < 4.78 is 52.2. The number of methoxy groups -OCH3 is 1. The number of rotatable bonds is 4. The Labute approximate surface area is 55.6 Å². The number of ether oxygens (including phenoxy) is 1. The fourth-order valence-electron chi connectivity index (χ4n) is 0.259. The zero-order chi connectivity index (χ0) is 8.28. The van der Waals surface area contributed by atoms with E-state index in [1.165, 1.54) is 7.11 Å². The Hall–Kier alpha value is 0.0700. The predicted molar refractivity (Wildman–Crippen MR) is 29.2 cm³/mol. The Bertz CT molecular complexity index is 102. The van der Waals surface area contributed by atoms with Gasteiger partial charge in [-0.25, -0.2) is 0 Å². The van der Waals surface area contributed by atoms with E-state index >= 15 is 0 Å². The molecule has 0 saturated carbocycles. The van der Waals surface area contributed by atoms with Gasteiger partial charge in [0.15, 0.2) is 0 Å². The molecule has 0 unspecified atom stereocenters. The fourth-order valence-corrected chi connectivity index (χ4v) is 0.609. The van der Waals surface area contributed by atoms with Crippen LogP contribution in [0.5, 0.6) is 0 Å². The van der Waals surface area contributed by atoms with Crippen LogP contribution in [-0.2, 0) is 9.26 Å². The van der Waals surface area contributed by atoms with Gasteiger partial charge in [0.2, 0.25) is 0 Å². The van der Waals surface area contributed by atoms with E-state index in [0.29, 0.717) is 0 Å². The molecule has 0 atom stereocenters. The average Bonchev–Trinajstić information content (AvgIpc) is 1.61. The molecule has 0 aliphatic heterocycles. The quantitative estimate of drug-likeness (QED) is 0.378. The van der Waals surface area contributed by atoms with Gasteiger partial charge in [0.25, 0.3) is 0 Å². The summed E-state index contributed by atoms with van der Waals surface area (Å²) >= 11 is 0. The SMILES string of the molecule is COCCOP(F)(F)(F)F. The molecule has 0 aliphatic carbocycles. The number of hydrogen-bond donors (Lipinski definition) is 0. The van der Waals surface area contributed by atoms with Gasteiger partial charge < -0.3 is 0 Å². The molecular formula is C3H7F4O2P. The molecule has 0 bridgehead atoms. The Morgan fingerprint density at radius 3 is 1.90 bits per heavy atom. The minimum absolute atomic E-state index is 0.264. The van der Waals surface area contributed by atoms with Gasteiger partial charge in [-0.3, -0.25) is 0 Å². The molecule has 64 valence electrons. The molecule has 2 nitrogen and oxygen atoms in total. The van der Waals surface area contributed by atoms with Crippen molar-refractivity contribution in [3.63, 3.8) is 0 Å². The molecule has 0 N–H and O–H groups in total. The van der Waals surface area contributed by atoms with Crippen LogP contribution < -0.4 is 0 Å². The summed E-state index contributed by atoms with van der Waals surface area (Å²) in [7, 11) is -6.53. The zero-order valence-corrected chi connectivity index (χ0v) is 6.08. The van der Waals surface area contributed by atoms with Crippen LogP contribution in [0, 0.1) is 0 Å². The van der Waals surface area contributed by atoms with E-state index in [1.54, 1.807) is 0 Å². The number of halogens is 4. The van der Waals surface area contributed by atoms with Crippen LogP contribution in [0.2, 0.25) is 0 Å². The van der Waals surface area contributed by atoms with Gasteiger partial charge >= 0.3 is 54.4 Å². The molecule has 7 heteroatoms. The molecule has 0 fully saturated rings. The first-order valence-electron chi connectivity index (χ1n) is 2.34. The molecule has 10 heavy (non-hydrogen) atoms. The van der Waals surface area contributed by atoms with Gasteiger partial charge in [-0.1, -0.05) is 0 Å². The van der Waals surface area contributed by atoms with E-state index < -0.39 is 14.7 Å². The van der Waals surface area contributed by atoms with Crippen LogP contribution in [0.1, 0.15) is 0 Å². The van der Waals surface area contributed by atoms with Gasteiger partial charge in [-0.05, 0) is 0 Å². The Morgan fingerprint density at radius 1 is 1.10 bits per heavy atom. The van der Waals surface area contributed by atoms with E-state index in [1.807, 2.05) is 0 Å². The molecule has 0 rings (SSSR count). The first-order valence-corrected chi connectivity index (χ1v) is 4.06. The van der Waals surface area contributed by atoms with E-state index in [2.05, 4.69) is 9.26 Å². The summed E-state index contributed by atoms with van der Waals surface area (Å²) in [6.07, 6.45) is 0. The molecule has 0 aromatic heterocycles. The van der Waals surface area contributed by atoms with Gasteiger partial charge in [0, 0.05) is 0 Å². The average molecular weight is 182 g/mol. The van der Waals surface area contributed by atoms with Gasteiger partial charge in [0.05, 0.1) is 0 Å². The summed E-state index contributed by atoms with van der Waals surface area (Å²) in [6, 6.07) is 0. The third-order valence-corrected chi connectivity index (χ3v) is 1.15. The molecule has 0 heterocycles. The van der Waals surface area contributed by atoms with Crippen molar-refractivity contribution in [3.8, 4) is 0 Å². The second-order valence-electron chi connectivity index (χ2n) is 1.49. The fraction of sp³-hybridized carbons (Fsp3) is 1.00. The Morgan fingerprint density at radius 2 is 1.60 bits per heavy atom. The molecular weight excluding hydrogens is 175 g/mol. The van der Waals surface area contributed by atoms with Crippen molar-refractivity contribution in [1.82, 2.24) is 0 Å². The van der Waals surface area contributed by atoms with E-state index in [0.717, 1.165) is 0 Å². The first-order chi connectivity index (χ1) is 4.31. The van der Waals surface area contributed by atoms with E-state index in [-0.39, 0.29) is 6.61 Å². The normalized spacial score (nSPS) is 16.3. The first kappa shape index (κ1) is 10.1. The monoisotopic (exact) mass is 182 g/mol. The van der Waals surface area contributed by atoms with Crippen LogP contribution in [0.4, 0.5) is 16.8 Å². The molecule has 0 aromatic carbocycles. The minimum atomic E-state index is -7.73. The van der Waals surface area contributed by atoms with Crippen molar-refractivity contribution in [2.75, 3.05) is 20.3 Å². The molecule has 0 aliphatic rings. The van der Waals surface area contributed by atoms with Crippen LogP contribution in [0.15, 0.2) is 0 Å². The summed E-state index contributed by atoms with van der Waals surface area (Å²) in [4.78, 5) is 0. The second-order valence-corrected chi connectivity index (χ2v) is 3.06. The van der Waals surface area contributed by atoms with Crippen molar-refractivity contribution in [3.05, 3.63) is 0 Å².